The minimum Gasteiger partial charge on any atom is -0.388 e. The lowest BCUT2D eigenvalue weighted by atomic mass is 9.89. The Balaban J connectivity index is 1.18. The van der Waals surface area contributed by atoms with Gasteiger partial charge in [-0.25, -0.2) is 0 Å². The second kappa shape index (κ2) is 10.8. The molecule has 1 amide bonds. The van der Waals surface area contributed by atoms with Gasteiger partial charge in [0.2, 0.25) is 5.91 Å². The third-order valence-electron chi connectivity index (χ3n) is 7.67. The number of carbonyl (C=O) groups is 1. The third-order valence-corrected chi connectivity index (χ3v) is 7.67. The van der Waals surface area contributed by atoms with Gasteiger partial charge in [-0.05, 0) is 65.3 Å². The Hall–Kier alpha value is -4.00. The maximum atomic E-state index is 12.6. The molecule has 4 aromatic rings. The minimum atomic E-state index is -0.449. The Morgan fingerprint density at radius 1 is 0.947 bits per heavy atom. The van der Waals surface area contributed by atoms with Crippen LogP contribution in [0.2, 0.25) is 0 Å². The molecule has 0 saturated carbocycles. The number of nitrogens with zero attached hydrogens (tertiary/aromatic N) is 1. The van der Waals surface area contributed by atoms with Crippen LogP contribution in [0.15, 0.2) is 78.4 Å². The monoisotopic (exact) mass is 505 g/mol. The first-order valence-electron chi connectivity index (χ1n) is 13.2. The molecule has 2 unspecified atom stereocenters. The maximum Gasteiger partial charge on any atom is 0.247 e. The third kappa shape index (κ3) is 5.05. The summed E-state index contributed by atoms with van der Waals surface area (Å²) in [4.78, 5) is 12.6. The topological polar surface area (TPSA) is 87.2 Å². The Morgan fingerprint density at radius 2 is 1.71 bits per heavy atom. The maximum absolute atomic E-state index is 12.6. The van der Waals surface area contributed by atoms with Crippen LogP contribution in [0.4, 0.5) is 0 Å². The van der Waals surface area contributed by atoms with Crippen molar-refractivity contribution in [3.05, 3.63) is 106 Å². The van der Waals surface area contributed by atoms with Crippen LogP contribution < -0.4 is 5.32 Å². The van der Waals surface area contributed by atoms with Gasteiger partial charge in [0.1, 0.15) is 0 Å². The molecule has 3 N–H and O–H groups in total. The van der Waals surface area contributed by atoms with E-state index < -0.39 is 6.10 Å². The van der Waals surface area contributed by atoms with Crippen LogP contribution in [0, 0.1) is 5.92 Å². The van der Waals surface area contributed by atoms with Crippen molar-refractivity contribution in [3.63, 3.8) is 0 Å². The fraction of sp³-hybridized carbons (Fsp3) is 0.250. The van der Waals surface area contributed by atoms with E-state index in [0.717, 1.165) is 70.5 Å². The molecule has 6 heteroatoms. The average molecular weight is 506 g/mol. The van der Waals surface area contributed by atoms with Gasteiger partial charge in [0.15, 0.2) is 0 Å². The number of fused-ring (bicyclic) bond motifs is 1. The zero-order valence-corrected chi connectivity index (χ0v) is 21.1. The summed E-state index contributed by atoms with van der Waals surface area (Å²) in [6, 6.07) is 24.3. The van der Waals surface area contributed by atoms with E-state index in [1.807, 2.05) is 78.9 Å². The number of benzene rings is 3. The number of aliphatic hydroxyl groups excluding tert-OH is 1. The van der Waals surface area contributed by atoms with Gasteiger partial charge in [-0.15, -0.1) is 0 Å². The summed E-state index contributed by atoms with van der Waals surface area (Å²) >= 11 is 0. The summed E-state index contributed by atoms with van der Waals surface area (Å²) in [5.41, 5.74) is 6.65. The van der Waals surface area contributed by atoms with Crippen LogP contribution >= 0.6 is 0 Å². The normalized spacial score (nSPS) is 20.4. The lowest BCUT2D eigenvalue weighted by Gasteiger charge is -2.27. The fourth-order valence-corrected chi connectivity index (χ4v) is 5.45. The molecular formula is C32H31N3O3. The number of ether oxygens (including phenoxy) is 1. The highest BCUT2D eigenvalue weighted by atomic mass is 16.5. The molecule has 192 valence electrons. The molecule has 0 aliphatic carbocycles. The first-order chi connectivity index (χ1) is 18.7. The molecule has 0 spiro atoms. The largest absolute Gasteiger partial charge is 0.388 e. The molecule has 3 heterocycles. The Kier molecular flexibility index (Phi) is 6.90. The van der Waals surface area contributed by atoms with E-state index in [4.69, 9.17) is 4.74 Å². The SMILES string of the molecule is O=C1NCC(c2ccccc2)C1=Cc1ccc2c(/C=C/c3ccc(C(O)C4CCOCC4)cc3)n[nH]c2c1. The predicted octanol–water partition coefficient (Wildman–Crippen LogP) is 5.49. The van der Waals surface area contributed by atoms with Gasteiger partial charge in [0.05, 0.1) is 17.3 Å². The number of nitrogens with one attached hydrogen (secondary N) is 2. The number of hydrogen-bond acceptors (Lipinski definition) is 4. The molecule has 38 heavy (non-hydrogen) atoms. The van der Waals surface area contributed by atoms with Crippen LogP contribution in [-0.2, 0) is 9.53 Å². The van der Waals surface area contributed by atoms with Crippen molar-refractivity contribution in [2.24, 2.45) is 5.92 Å². The highest BCUT2D eigenvalue weighted by Gasteiger charge is 2.29. The van der Waals surface area contributed by atoms with Crippen molar-refractivity contribution >= 4 is 35.0 Å². The quantitative estimate of drug-likeness (QED) is 0.303. The zero-order valence-electron chi connectivity index (χ0n) is 21.1. The van der Waals surface area contributed by atoms with Crippen molar-refractivity contribution in [2.45, 2.75) is 24.9 Å². The number of aliphatic hydroxyl groups is 1. The van der Waals surface area contributed by atoms with Gasteiger partial charge in [0.25, 0.3) is 0 Å². The van der Waals surface area contributed by atoms with E-state index in [1.54, 1.807) is 0 Å². The second-order valence-corrected chi connectivity index (χ2v) is 10.1. The number of H-pyrrole nitrogens is 1. The molecule has 3 aromatic carbocycles. The van der Waals surface area contributed by atoms with Gasteiger partial charge in [-0.3, -0.25) is 9.89 Å². The molecule has 2 saturated heterocycles. The molecule has 2 aliphatic rings. The molecule has 2 atom stereocenters. The van der Waals surface area contributed by atoms with Gasteiger partial charge < -0.3 is 15.2 Å². The highest BCUT2D eigenvalue weighted by Crippen LogP contribution is 2.32. The first-order valence-corrected chi connectivity index (χ1v) is 13.2. The standard InChI is InChI=1S/C32H31N3O3/c36-31(25-14-16-38-17-15-25)24-10-6-21(7-11-24)9-13-29-26-12-8-22(19-30(26)35-34-29)18-27-28(20-33-32(27)37)23-4-2-1-3-5-23/h1-13,18-19,25,28,31,36H,14-17,20H2,(H,33,37)(H,34,35)/b13-9+,27-18?. The van der Waals surface area contributed by atoms with Crippen molar-refractivity contribution in [1.82, 2.24) is 15.5 Å². The van der Waals surface area contributed by atoms with Crippen molar-refractivity contribution < 1.29 is 14.6 Å². The predicted molar refractivity (Wildman–Crippen MR) is 150 cm³/mol. The summed E-state index contributed by atoms with van der Waals surface area (Å²) in [7, 11) is 0. The molecule has 0 radical (unpaired) electrons. The van der Waals surface area contributed by atoms with Crippen LogP contribution in [0.3, 0.4) is 0 Å². The Morgan fingerprint density at radius 3 is 2.50 bits per heavy atom. The summed E-state index contributed by atoms with van der Waals surface area (Å²) in [5.74, 6) is 0.288. The highest BCUT2D eigenvalue weighted by molar-refractivity contribution is 6.02. The number of rotatable bonds is 6. The lowest BCUT2D eigenvalue weighted by Crippen LogP contribution is -2.21. The van der Waals surface area contributed by atoms with E-state index >= 15 is 0 Å². The van der Waals surface area contributed by atoms with Gasteiger partial charge >= 0.3 is 0 Å². The summed E-state index contributed by atoms with van der Waals surface area (Å²) < 4.78 is 5.42. The van der Waals surface area contributed by atoms with Crippen molar-refractivity contribution in [1.29, 1.82) is 0 Å². The molecule has 2 aliphatic heterocycles. The lowest BCUT2D eigenvalue weighted by molar-refractivity contribution is -0.116. The van der Waals surface area contributed by atoms with Crippen LogP contribution in [0.1, 0.15) is 52.8 Å². The first kappa shape index (κ1) is 24.3. The van der Waals surface area contributed by atoms with Crippen LogP contribution in [0.5, 0.6) is 0 Å². The van der Waals surface area contributed by atoms with E-state index in [0.29, 0.717) is 6.54 Å². The van der Waals surface area contributed by atoms with E-state index in [2.05, 4.69) is 27.6 Å². The molecule has 0 bridgehead atoms. The van der Waals surface area contributed by atoms with Gasteiger partial charge in [-0.1, -0.05) is 66.7 Å². The number of aromatic amines is 1. The molecule has 1 aromatic heterocycles. The number of aromatic nitrogens is 2. The zero-order chi connectivity index (χ0) is 25.9. The number of hydrogen-bond donors (Lipinski definition) is 3. The van der Waals surface area contributed by atoms with Gasteiger partial charge in [-0.2, -0.15) is 5.10 Å². The van der Waals surface area contributed by atoms with Gasteiger partial charge in [0, 0.05) is 36.6 Å². The molecule has 2 fully saturated rings. The summed E-state index contributed by atoms with van der Waals surface area (Å²) in [5, 5.41) is 22.4. The van der Waals surface area contributed by atoms with Crippen molar-refractivity contribution in [3.8, 4) is 0 Å². The van der Waals surface area contributed by atoms with Crippen LogP contribution in [0.25, 0.3) is 29.1 Å². The second-order valence-electron chi connectivity index (χ2n) is 10.1. The number of amides is 1. The van der Waals surface area contributed by atoms with E-state index in [1.165, 1.54) is 0 Å². The van der Waals surface area contributed by atoms with Crippen LogP contribution in [-0.4, -0.2) is 41.0 Å². The van der Waals surface area contributed by atoms with Crippen molar-refractivity contribution in [2.75, 3.05) is 19.8 Å². The molecule has 6 rings (SSSR count). The Bertz CT molecular complexity index is 1480. The average Bonchev–Trinajstić information content (AvgIpc) is 3.55. The fourth-order valence-electron chi connectivity index (χ4n) is 5.45. The van der Waals surface area contributed by atoms with E-state index in [-0.39, 0.29) is 17.7 Å². The molecule has 6 nitrogen and oxygen atoms in total. The summed E-state index contributed by atoms with van der Waals surface area (Å²) in [6.45, 7) is 2.07. The van der Waals surface area contributed by atoms with E-state index in [9.17, 15) is 9.90 Å². The smallest absolute Gasteiger partial charge is 0.247 e. The number of carbonyl (C=O) groups excluding carboxylic acids is 1. The summed E-state index contributed by atoms with van der Waals surface area (Å²) in [6.07, 6.45) is 7.35. The minimum absolute atomic E-state index is 0.0153. The Labute approximate surface area is 222 Å². The molecular weight excluding hydrogens is 474 g/mol.